The smallest absolute Gasteiger partial charge is 0.350 e. The number of carbonyl (C=O) groups is 1. The zero-order chi connectivity index (χ0) is 30.3. The fourth-order valence-corrected chi connectivity index (χ4v) is 6.19. The monoisotopic (exact) mass is 614 g/mol. The Labute approximate surface area is 244 Å². The van der Waals surface area contributed by atoms with Crippen molar-refractivity contribution in [2.24, 2.45) is 0 Å². The summed E-state index contributed by atoms with van der Waals surface area (Å²) in [6, 6.07) is 10.2. The normalized spacial score (nSPS) is 15.7. The van der Waals surface area contributed by atoms with E-state index in [1.807, 2.05) is 6.92 Å². The highest BCUT2D eigenvalue weighted by atomic mass is 35.5. The number of aromatic nitrogens is 3. The summed E-state index contributed by atoms with van der Waals surface area (Å²) in [7, 11) is -2.86. The van der Waals surface area contributed by atoms with E-state index in [0.717, 1.165) is 16.7 Å². The summed E-state index contributed by atoms with van der Waals surface area (Å²) < 4.78 is 59.7. The molecule has 1 fully saturated rings. The van der Waals surface area contributed by atoms with Crippen molar-refractivity contribution >= 4 is 44.4 Å². The van der Waals surface area contributed by atoms with Gasteiger partial charge in [-0.25, -0.2) is 36.3 Å². The van der Waals surface area contributed by atoms with Gasteiger partial charge in [-0.1, -0.05) is 36.4 Å². The lowest BCUT2D eigenvalue weighted by Gasteiger charge is -2.40. The van der Waals surface area contributed by atoms with Gasteiger partial charge in [-0.2, -0.15) is 4.98 Å². The van der Waals surface area contributed by atoms with Gasteiger partial charge in [-0.15, -0.1) is 0 Å². The van der Waals surface area contributed by atoms with Crippen LogP contribution in [0.15, 0.2) is 70.9 Å². The van der Waals surface area contributed by atoms with E-state index in [9.17, 15) is 22.4 Å². The van der Waals surface area contributed by atoms with Crippen LogP contribution >= 0.6 is 11.6 Å². The lowest BCUT2D eigenvalue weighted by molar-refractivity contribution is -0.126. The molecule has 2 aromatic carbocycles. The van der Waals surface area contributed by atoms with Gasteiger partial charge in [0.05, 0.1) is 21.7 Å². The molecule has 1 amide bonds. The van der Waals surface area contributed by atoms with Crippen molar-refractivity contribution < 1.29 is 22.0 Å². The molecule has 1 saturated heterocycles. The highest BCUT2D eigenvalue weighted by Crippen LogP contribution is 2.35. The third-order valence-electron chi connectivity index (χ3n) is 7.05. The Hall–Kier alpha value is -4.20. The van der Waals surface area contributed by atoms with E-state index in [0.29, 0.717) is 0 Å². The molecule has 3 heterocycles. The van der Waals surface area contributed by atoms with Crippen LogP contribution in [0, 0.1) is 11.6 Å². The molecule has 0 spiro atoms. The Kier molecular flexibility index (Phi) is 7.84. The number of piperazine rings is 1. The molecule has 4 aromatic rings. The fourth-order valence-electron chi connectivity index (χ4n) is 5.02. The van der Waals surface area contributed by atoms with E-state index >= 15 is 4.39 Å². The Bertz CT molecular complexity index is 1900. The van der Waals surface area contributed by atoms with Crippen LogP contribution in [0.1, 0.15) is 6.92 Å². The van der Waals surface area contributed by atoms with Crippen molar-refractivity contribution in [1.82, 2.24) is 24.2 Å². The van der Waals surface area contributed by atoms with Crippen molar-refractivity contribution in [2.45, 2.75) is 17.9 Å². The third kappa shape index (κ3) is 5.03. The van der Waals surface area contributed by atoms with E-state index in [4.69, 9.17) is 11.6 Å². The molecule has 42 heavy (non-hydrogen) atoms. The molecule has 0 unspecified atom stereocenters. The van der Waals surface area contributed by atoms with Crippen LogP contribution in [-0.2, 0) is 14.8 Å². The van der Waals surface area contributed by atoms with Gasteiger partial charge >= 0.3 is 5.69 Å². The van der Waals surface area contributed by atoms with E-state index < -0.39 is 33.0 Å². The summed E-state index contributed by atoms with van der Waals surface area (Å²) in [6.45, 7) is 6.14. The van der Waals surface area contributed by atoms with Crippen LogP contribution in [0.25, 0.3) is 28.0 Å². The molecule has 2 aromatic heterocycles. The standard InChI is InChI=1S/C28H25ClF2N6O4S/c1-4-23(38)35-12-13-36(16(2)15-35)26-17-14-20(31)25(24-18(29)8-7-9-19(24)30)33-27(17)37(28(39)34-26)21-10-5-6-11-22(21)42(40,41)32-3/h4-11,14,16,32H,1,12-13,15H2,2-3H3/t16-/m0/s1. The van der Waals surface area contributed by atoms with Gasteiger partial charge < -0.3 is 9.80 Å². The van der Waals surface area contributed by atoms with Gasteiger partial charge in [0, 0.05) is 25.7 Å². The van der Waals surface area contributed by atoms with Crippen molar-refractivity contribution in [3.63, 3.8) is 0 Å². The number of benzene rings is 2. The number of sulfonamides is 1. The van der Waals surface area contributed by atoms with Gasteiger partial charge in [-0.05, 0) is 50.4 Å². The molecule has 0 bridgehead atoms. The summed E-state index contributed by atoms with van der Waals surface area (Å²) in [5, 5.41) is -0.0472. The van der Waals surface area contributed by atoms with E-state index in [1.165, 1.54) is 49.5 Å². The van der Waals surface area contributed by atoms with E-state index in [-0.39, 0.29) is 69.6 Å². The highest BCUT2D eigenvalue weighted by molar-refractivity contribution is 7.89. The highest BCUT2D eigenvalue weighted by Gasteiger charge is 2.31. The first-order chi connectivity index (χ1) is 20.0. The molecule has 14 heteroatoms. The number of rotatable bonds is 6. The molecular formula is C28H25ClF2N6O4S. The minimum Gasteiger partial charge on any atom is -0.350 e. The number of anilines is 1. The van der Waals surface area contributed by atoms with Crippen molar-refractivity contribution in [2.75, 3.05) is 31.6 Å². The van der Waals surface area contributed by atoms with Crippen LogP contribution in [-0.4, -0.2) is 66.5 Å². The molecule has 0 saturated carbocycles. The summed E-state index contributed by atoms with van der Waals surface area (Å²) in [5.41, 5.74) is -1.97. The number of nitrogens with one attached hydrogen (secondary N) is 1. The zero-order valence-electron chi connectivity index (χ0n) is 22.5. The topological polar surface area (TPSA) is 118 Å². The molecule has 0 aliphatic carbocycles. The predicted octanol–water partition coefficient (Wildman–Crippen LogP) is 3.51. The minimum absolute atomic E-state index is 0.0651. The summed E-state index contributed by atoms with van der Waals surface area (Å²) in [4.78, 5) is 37.7. The number of halogens is 3. The first-order valence-corrected chi connectivity index (χ1v) is 14.6. The van der Waals surface area contributed by atoms with E-state index in [2.05, 4.69) is 21.3 Å². The average molecular weight is 615 g/mol. The summed E-state index contributed by atoms with van der Waals surface area (Å²) >= 11 is 6.24. The number of para-hydroxylation sites is 1. The summed E-state index contributed by atoms with van der Waals surface area (Å²) in [5.74, 6) is -1.95. The number of hydrogen-bond donors (Lipinski definition) is 1. The van der Waals surface area contributed by atoms with Crippen molar-refractivity contribution in [3.05, 3.63) is 88.3 Å². The number of fused-ring (bicyclic) bond motifs is 1. The molecule has 5 rings (SSSR count). The molecule has 10 nitrogen and oxygen atoms in total. The third-order valence-corrected chi connectivity index (χ3v) is 8.83. The number of carbonyl (C=O) groups excluding carboxylic acids is 1. The molecule has 218 valence electrons. The maximum absolute atomic E-state index is 15.8. The average Bonchev–Trinajstić information content (AvgIpc) is 2.97. The van der Waals surface area contributed by atoms with Gasteiger partial charge in [0.2, 0.25) is 15.9 Å². The molecule has 1 aliphatic heterocycles. The van der Waals surface area contributed by atoms with Crippen LogP contribution < -0.4 is 15.3 Å². The lowest BCUT2D eigenvalue weighted by atomic mass is 10.1. The summed E-state index contributed by atoms with van der Waals surface area (Å²) in [6.07, 6.45) is 1.21. The Morgan fingerprint density at radius 2 is 1.86 bits per heavy atom. The maximum atomic E-state index is 15.8. The number of amides is 1. The van der Waals surface area contributed by atoms with Crippen molar-refractivity contribution in [3.8, 4) is 16.9 Å². The second-order valence-electron chi connectivity index (χ2n) is 9.55. The molecule has 0 radical (unpaired) electrons. The number of pyridine rings is 1. The predicted molar refractivity (Wildman–Crippen MR) is 155 cm³/mol. The Morgan fingerprint density at radius 3 is 2.52 bits per heavy atom. The minimum atomic E-state index is -4.08. The SMILES string of the molecule is C=CC(=O)N1CCN(c2nc(=O)n(-c3ccccc3S(=O)(=O)NC)c3nc(-c4c(F)cccc4Cl)c(F)cc23)[C@@H](C)C1. The first-order valence-electron chi connectivity index (χ1n) is 12.8. The number of hydrogen-bond acceptors (Lipinski definition) is 7. The second kappa shape index (κ2) is 11.2. The van der Waals surface area contributed by atoms with Crippen LogP contribution in [0.2, 0.25) is 5.02 Å². The molecule has 1 atom stereocenters. The molecular weight excluding hydrogens is 590 g/mol. The van der Waals surface area contributed by atoms with Crippen LogP contribution in [0.3, 0.4) is 0 Å². The second-order valence-corrected chi connectivity index (χ2v) is 11.8. The zero-order valence-corrected chi connectivity index (χ0v) is 24.1. The quantitative estimate of drug-likeness (QED) is 0.330. The first kappa shape index (κ1) is 29.3. The van der Waals surface area contributed by atoms with Crippen LogP contribution in [0.4, 0.5) is 14.6 Å². The van der Waals surface area contributed by atoms with Crippen molar-refractivity contribution in [1.29, 1.82) is 0 Å². The van der Waals surface area contributed by atoms with Gasteiger partial charge in [0.25, 0.3) is 0 Å². The van der Waals surface area contributed by atoms with E-state index in [1.54, 1.807) is 9.80 Å². The Balaban J connectivity index is 1.84. The van der Waals surface area contributed by atoms with Gasteiger partial charge in [0.15, 0.2) is 11.5 Å². The number of nitrogens with zero attached hydrogens (tertiary/aromatic N) is 5. The molecule has 1 N–H and O–H groups in total. The largest absolute Gasteiger partial charge is 0.355 e. The fraction of sp³-hybridized carbons (Fsp3) is 0.214. The lowest BCUT2D eigenvalue weighted by Crippen LogP contribution is -2.54. The molecule has 1 aliphatic rings. The maximum Gasteiger partial charge on any atom is 0.355 e. The Morgan fingerprint density at radius 1 is 1.12 bits per heavy atom. The van der Waals surface area contributed by atoms with Gasteiger partial charge in [0.1, 0.15) is 22.2 Å². The van der Waals surface area contributed by atoms with Crippen LogP contribution in [0.5, 0.6) is 0 Å². The van der Waals surface area contributed by atoms with Gasteiger partial charge in [-0.3, -0.25) is 4.79 Å².